The minimum Gasteiger partial charge on any atom is -0.396 e. The van der Waals surface area contributed by atoms with E-state index in [2.05, 4.69) is 26.3 Å². The number of hydrogen-bond acceptors (Lipinski definition) is 8. The lowest BCUT2D eigenvalue weighted by Crippen LogP contribution is -2.10. The summed E-state index contributed by atoms with van der Waals surface area (Å²) in [6, 6.07) is 0.646. The summed E-state index contributed by atoms with van der Waals surface area (Å²) in [5.74, 6) is 1.18. The van der Waals surface area contributed by atoms with Crippen LogP contribution in [-0.2, 0) is 10.4 Å². The Labute approximate surface area is 149 Å². The number of fused-ring (bicyclic) bond motifs is 1. The highest BCUT2D eigenvalue weighted by atomic mass is 32.3. The SMILES string of the molecule is Nc1nc(NC2CC2)c2ncn([C@@H]3C=C[C@H](CO)C3)c2n1.O=S(=O)(O)O. The van der Waals surface area contributed by atoms with Crippen LogP contribution in [0.4, 0.5) is 11.8 Å². The topological polar surface area (TPSA) is 176 Å². The van der Waals surface area contributed by atoms with Crippen LogP contribution in [0, 0.1) is 5.92 Å². The summed E-state index contributed by atoms with van der Waals surface area (Å²) >= 11 is 0. The molecule has 1 saturated carbocycles. The van der Waals surface area contributed by atoms with Gasteiger partial charge in [0.15, 0.2) is 17.0 Å². The number of rotatable bonds is 4. The highest BCUT2D eigenvalue weighted by Gasteiger charge is 2.26. The predicted molar refractivity (Wildman–Crippen MR) is 93.9 cm³/mol. The number of imidazole rings is 1. The molecule has 0 amide bonds. The molecular weight excluding hydrogens is 364 g/mol. The third-order valence-corrected chi connectivity index (χ3v) is 4.10. The third-order valence-electron chi connectivity index (χ3n) is 4.10. The van der Waals surface area contributed by atoms with Crippen LogP contribution in [0.25, 0.3) is 11.2 Å². The van der Waals surface area contributed by atoms with E-state index in [0.717, 1.165) is 36.2 Å². The van der Waals surface area contributed by atoms with E-state index in [0.29, 0.717) is 6.04 Å². The maximum atomic E-state index is 9.26. The zero-order valence-corrected chi connectivity index (χ0v) is 14.5. The second kappa shape index (κ2) is 7.15. The van der Waals surface area contributed by atoms with E-state index < -0.39 is 10.4 Å². The quantitative estimate of drug-likeness (QED) is 0.367. The van der Waals surface area contributed by atoms with Crippen LogP contribution in [0.5, 0.6) is 0 Å². The summed E-state index contributed by atoms with van der Waals surface area (Å²) < 4.78 is 33.6. The van der Waals surface area contributed by atoms with Crippen LogP contribution >= 0.6 is 0 Å². The molecule has 2 aliphatic rings. The number of nitrogens with one attached hydrogen (secondary N) is 1. The zero-order valence-electron chi connectivity index (χ0n) is 13.7. The molecular formula is C14H20N6O5S. The Morgan fingerprint density at radius 2 is 1.96 bits per heavy atom. The molecule has 2 atom stereocenters. The number of aliphatic hydroxyl groups excluding tert-OH is 1. The van der Waals surface area contributed by atoms with Gasteiger partial charge in [-0.3, -0.25) is 9.11 Å². The molecule has 0 bridgehead atoms. The number of aliphatic hydroxyl groups is 1. The fourth-order valence-corrected chi connectivity index (χ4v) is 2.79. The lowest BCUT2D eigenvalue weighted by molar-refractivity contribution is 0.244. The van der Waals surface area contributed by atoms with Crippen LogP contribution in [0.15, 0.2) is 18.5 Å². The Hall–Kier alpha value is -2.28. The summed E-state index contributed by atoms with van der Waals surface area (Å²) in [5, 5.41) is 12.6. The van der Waals surface area contributed by atoms with Gasteiger partial charge in [0.25, 0.3) is 0 Å². The van der Waals surface area contributed by atoms with E-state index >= 15 is 0 Å². The first-order chi connectivity index (χ1) is 12.2. The van der Waals surface area contributed by atoms with Crippen LogP contribution in [0.3, 0.4) is 0 Å². The van der Waals surface area contributed by atoms with Crippen LogP contribution in [-0.4, -0.2) is 54.8 Å². The number of nitrogens with zero attached hydrogens (tertiary/aromatic N) is 4. The zero-order chi connectivity index (χ0) is 18.9. The smallest absolute Gasteiger partial charge is 0.394 e. The summed E-state index contributed by atoms with van der Waals surface area (Å²) in [6.45, 7) is 0.172. The standard InChI is InChI=1S/C14H18N6O.H2O4S/c15-14-18-12(17-9-2-3-9)11-13(19-14)20(7-16-11)10-4-1-8(5-10)6-21;1-5(2,3)4/h1,4,7-10,21H,2-3,5-6H2,(H3,15,17,18,19);(H2,1,2,3,4)/t8-,10+;/m0./s1. The van der Waals surface area contributed by atoms with Gasteiger partial charge in [0.05, 0.1) is 12.4 Å². The van der Waals surface area contributed by atoms with Gasteiger partial charge in [-0.15, -0.1) is 0 Å². The first-order valence-electron chi connectivity index (χ1n) is 8.00. The van der Waals surface area contributed by atoms with Crippen molar-refractivity contribution in [2.45, 2.75) is 31.3 Å². The van der Waals surface area contributed by atoms with E-state index in [1.165, 1.54) is 0 Å². The first kappa shape index (κ1) is 18.5. The summed E-state index contributed by atoms with van der Waals surface area (Å²) in [7, 11) is -4.67. The summed E-state index contributed by atoms with van der Waals surface area (Å²) in [4.78, 5) is 13.1. The maximum Gasteiger partial charge on any atom is 0.394 e. The molecule has 1 fully saturated rings. The molecule has 12 heteroatoms. The van der Waals surface area contributed by atoms with E-state index in [-0.39, 0.29) is 24.5 Å². The van der Waals surface area contributed by atoms with Gasteiger partial charge in [0.1, 0.15) is 0 Å². The van der Waals surface area contributed by atoms with Crippen LogP contribution in [0.2, 0.25) is 0 Å². The van der Waals surface area contributed by atoms with Crippen molar-refractivity contribution in [3.05, 3.63) is 18.5 Å². The van der Waals surface area contributed by atoms with Crippen LogP contribution < -0.4 is 11.1 Å². The van der Waals surface area contributed by atoms with E-state index in [9.17, 15) is 5.11 Å². The number of aromatic nitrogens is 4. The molecule has 0 saturated heterocycles. The molecule has 2 aromatic heterocycles. The van der Waals surface area contributed by atoms with Gasteiger partial charge < -0.3 is 20.7 Å². The predicted octanol–water partition coefficient (Wildman–Crippen LogP) is 0.440. The van der Waals surface area contributed by atoms with Gasteiger partial charge in [0.2, 0.25) is 5.95 Å². The van der Waals surface area contributed by atoms with Crippen molar-refractivity contribution in [3.8, 4) is 0 Å². The van der Waals surface area contributed by atoms with E-state index in [1.807, 2.05) is 10.6 Å². The normalized spacial score (nSPS) is 22.3. The van der Waals surface area contributed by atoms with Gasteiger partial charge in [-0.2, -0.15) is 18.4 Å². The molecule has 4 rings (SSSR count). The van der Waals surface area contributed by atoms with Crippen molar-refractivity contribution in [3.63, 3.8) is 0 Å². The highest BCUT2D eigenvalue weighted by molar-refractivity contribution is 7.79. The molecule has 11 nitrogen and oxygen atoms in total. The molecule has 142 valence electrons. The monoisotopic (exact) mass is 384 g/mol. The molecule has 0 aliphatic heterocycles. The Bertz CT molecular complexity index is 915. The molecule has 26 heavy (non-hydrogen) atoms. The molecule has 0 unspecified atom stereocenters. The number of anilines is 2. The average molecular weight is 384 g/mol. The molecule has 0 aromatic carbocycles. The first-order valence-corrected chi connectivity index (χ1v) is 9.40. The summed E-state index contributed by atoms with van der Waals surface area (Å²) in [5.41, 5.74) is 7.35. The van der Waals surface area contributed by atoms with Crippen molar-refractivity contribution in [1.29, 1.82) is 0 Å². The Morgan fingerprint density at radius 1 is 1.27 bits per heavy atom. The largest absolute Gasteiger partial charge is 0.396 e. The lowest BCUT2D eigenvalue weighted by Gasteiger charge is -2.13. The van der Waals surface area contributed by atoms with Gasteiger partial charge in [-0.25, -0.2) is 4.98 Å². The van der Waals surface area contributed by atoms with Crippen molar-refractivity contribution < 1.29 is 22.6 Å². The Kier molecular flexibility index (Phi) is 5.09. The fraction of sp³-hybridized carbons (Fsp3) is 0.500. The second-order valence-electron chi connectivity index (χ2n) is 6.25. The van der Waals surface area contributed by atoms with Crippen molar-refractivity contribution in [1.82, 2.24) is 19.5 Å². The van der Waals surface area contributed by atoms with Crippen molar-refractivity contribution >= 4 is 33.3 Å². The Morgan fingerprint density at radius 3 is 2.54 bits per heavy atom. The molecule has 0 spiro atoms. The second-order valence-corrected chi connectivity index (χ2v) is 7.15. The van der Waals surface area contributed by atoms with Gasteiger partial charge in [-0.1, -0.05) is 12.2 Å². The number of nitrogens with two attached hydrogens (primary N) is 1. The Balaban J connectivity index is 0.000000349. The van der Waals surface area contributed by atoms with Gasteiger partial charge in [0, 0.05) is 18.6 Å². The molecule has 2 aliphatic carbocycles. The summed E-state index contributed by atoms with van der Waals surface area (Å²) in [6.07, 6.45) is 9.10. The number of hydrogen-bond donors (Lipinski definition) is 5. The minimum absolute atomic E-state index is 0.162. The van der Waals surface area contributed by atoms with Gasteiger partial charge in [-0.05, 0) is 19.3 Å². The van der Waals surface area contributed by atoms with Crippen molar-refractivity contribution in [2.24, 2.45) is 5.92 Å². The van der Waals surface area contributed by atoms with Crippen LogP contribution in [0.1, 0.15) is 25.3 Å². The average Bonchev–Trinajstić information content (AvgIpc) is 3.07. The molecule has 2 heterocycles. The highest BCUT2D eigenvalue weighted by Crippen LogP contribution is 2.32. The number of nitrogen functional groups attached to an aromatic ring is 1. The maximum absolute atomic E-state index is 9.26. The minimum atomic E-state index is -4.67. The fourth-order valence-electron chi connectivity index (χ4n) is 2.79. The molecule has 0 radical (unpaired) electrons. The molecule has 2 aromatic rings. The van der Waals surface area contributed by atoms with Crippen molar-refractivity contribution in [2.75, 3.05) is 17.7 Å². The lowest BCUT2D eigenvalue weighted by atomic mass is 10.1. The third kappa shape index (κ3) is 4.66. The number of allylic oxidation sites excluding steroid dienone is 1. The van der Waals surface area contributed by atoms with Gasteiger partial charge >= 0.3 is 10.4 Å². The van der Waals surface area contributed by atoms with E-state index in [1.54, 1.807) is 6.33 Å². The van der Waals surface area contributed by atoms with E-state index in [4.69, 9.17) is 23.3 Å². The molecule has 6 N–H and O–H groups in total.